The Bertz CT molecular complexity index is 2060. The molecular weight excluding hydrogens is 1380 g/mol. The summed E-state index contributed by atoms with van der Waals surface area (Å²) in [6.07, 6.45) is 65.3. The molecule has 0 aliphatic heterocycles. The number of rotatable bonds is 84. The van der Waals surface area contributed by atoms with Gasteiger partial charge in [0.05, 0.1) is 26.4 Å². The van der Waals surface area contributed by atoms with Crippen LogP contribution < -0.4 is 0 Å². The van der Waals surface area contributed by atoms with Gasteiger partial charge in [0.1, 0.15) is 19.3 Å². The highest BCUT2D eigenvalue weighted by Gasteiger charge is 2.31. The smallest absolute Gasteiger partial charge is 0.462 e. The first-order valence-electron chi connectivity index (χ1n) is 44.7. The minimum atomic E-state index is -4.97. The molecule has 106 heavy (non-hydrogen) atoms. The molecule has 630 valence electrons. The van der Waals surface area contributed by atoms with Crippen molar-refractivity contribution in [3.05, 3.63) is 0 Å². The first kappa shape index (κ1) is 104. The fraction of sp³-hybridized carbons (Fsp3) is 0.954. The maximum Gasteiger partial charge on any atom is 0.472 e. The third kappa shape index (κ3) is 78.7. The maximum absolute atomic E-state index is 13.2. The molecule has 0 rings (SSSR count). The summed E-state index contributed by atoms with van der Waals surface area (Å²) in [5.41, 5.74) is 0. The summed E-state index contributed by atoms with van der Waals surface area (Å²) >= 11 is 0. The monoisotopic (exact) mass is 1550 g/mol. The Morgan fingerprint density at radius 1 is 0.264 bits per heavy atom. The van der Waals surface area contributed by atoms with E-state index in [0.717, 1.165) is 120 Å². The summed E-state index contributed by atoms with van der Waals surface area (Å²) in [6.45, 7) is 14.3. The lowest BCUT2D eigenvalue weighted by Gasteiger charge is -2.21. The van der Waals surface area contributed by atoms with Crippen molar-refractivity contribution in [3.63, 3.8) is 0 Å². The van der Waals surface area contributed by atoms with Gasteiger partial charge in [-0.3, -0.25) is 37.3 Å². The van der Waals surface area contributed by atoms with Gasteiger partial charge < -0.3 is 33.8 Å². The highest BCUT2D eigenvalue weighted by Crippen LogP contribution is 2.45. The van der Waals surface area contributed by atoms with E-state index in [0.29, 0.717) is 25.7 Å². The van der Waals surface area contributed by atoms with Crippen LogP contribution in [0.5, 0.6) is 0 Å². The molecular formula is C87H170O17P2. The van der Waals surface area contributed by atoms with Crippen molar-refractivity contribution in [2.24, 2.45) is 23.7 Å². The second-order valence-electron chi connectivity index (χ2n) is 33.0. The number of hydrogen-bond acceptors (Lipinski definition) is 15. The normalized spacial score (nSPS) is 14.2. The molecule has 0 bridgehead atoms. The fourth-order valence-electron chi connectivity index (χ4n) is 13.5. The van der Waals surface area contributed by atoms with E-state index >= 15 is 0 Å². The molecule has 0 aromatic heterocycles. The average Bonchev–Trinajstić information content (AvgIpc) is 0.908. The third-order valence-electron chi connectivity index (χ3n) is 20.7. The van der Waals surface area contributed by atoms with Crippen LogP contribution in [0.2, 0.25) is 0 Å². The molecule has 0 heterocycles. The third-order valence-corrected chi connectivity index (χ3v) is 22.6. The lowest BCUT2D eigenvalue weighted by atomic mass is 10.00. The molecule has 19 heteroatoms. The summed E-state index contributed by atoms with van der Waals surface area (Å²) in [4.78, 5) is 73.2. The Morgan fingerprint density at radius 3 is 0.670 bits per heavy atom. The molecule has 0 spiro atoms. The van der Waals surface area contributed by atoms with Gasteiger partial charge in [-0.25, -0.2) is 9.13 Å². The molecule has 0 fully saturated rings. The molecule has 3 N–H and O–H groups in total. The quantitative estimate of drug-likeness (QED) is 0.0222. The highest BCUT2D eigenvalue weighted by molar-refractivity contribution is 7.47. The van der Waals surface area contributed by atoms with Crippen LogP contribution in [-0.2, 0) is 65.4 Å². The van der Waals surface area contributed by atoms with Gasteiger partial charge in [-0.1, -0.05) is 402 Å². The topological polar surface area (TPSA) is 237 Å². The van der Waals surface area contributed by atoms with E-state index in [1.807, 2.05) is 0 Å². The van der Waals surface area contributed by atoms with Crippen molar-refractivity contribution in [1.29, 1.82) is 0 Å². The second-order valence-corrected chi connectivity index (χ2v) is 35.9. The number of phosphoric acid groups is 2. The number of aliphatic hydroxyl groups excluding tert-OH is 1. The van der Waals surface area contributed by atoms with E-state index < -0.39 is 97.5 Å². The summed E-state index contributed by atoms with van der Waals surface area (Å²) < 4.78 is 68.9. The van der Waals surface area contributed by atoms with Crippen molar-refractivity contribution >= 4 is 39.5 Å². The number of carbonyl (C=O) groups is 4. The summed E-state index contributed by atoms with van der Waals surface area (Å²) in [5, 5.41) is 10.7. The van der Waals surface area contributed by atoms with Crippen LogP contribution >= 0.6 is 15.6 Å². The molecule has 0 aromatic rings. The zero-order valence-corrected chi connectivity index (χ0v) is 71.9. The van der Waals surface area contributed by atoms with E-state index in [9.17, 15) is 43.2 Å². The fourth-order valence-corrected chi connectivity index (χ4v) is 15.0. The number of carbonyl (C=O) groups excluding carboxylic acids is 4. The zero-order valence-electron chi connectivity index (χ0n) is 70.1. The Hall–Kier alpha value is -1.94. The predicted molar refractivity (Wildman–Crippen MR) is 437 cm³/mol. The molecule has 0 saturated carbocycles. The molecule has 0 aliphatic rings. The maximum atomic E-state index is 13.2. The van der Waals surface area contributed by atoms with Crippen molar-refractivity contribution < 1.29 is 80.2 Å². The summed E-state index contributed by atoms with van der Waals surface area (Å²) in [6, 6.07) is 0. The lowest BCUT2D eigenvalue weighted by molar-refractivity contribution is -0.161. The standard InChI is InChI=1S/C87H170O17P2/c1-9-80(8)66-58-50-45-46-52-60-68-85(90)98-74-83(104-87(92)70-62-54-44-38-32-26-20-23-29-35-41-49-57-65-79(6)7)76-102-106(95,96)100-72-81(88)71-99-105(93,94)101-75-82(103-86(91)69-61-53-43-37-31-25-19-15-14-17-22-28-34-40-48-56-64-78(4)5)73-97-84(89)67-59-51-42-36-30-24-18-13-11-10-12-16-21-27-33-39-47-55-63-77(2)3/h77-83,88H,9-76H2,1-8H3,(H,93,94)(H,95,96)/t80?,81-,82-,83-/m1/s1. The Morgan fingerprint density at radius 2 is 0.453 bits per heavy atom. The van der Waals surface area contributed by atoms with Gasteiger partial charge >= 0.3 is 39.5 Å². The minimum Gasteiger partial charge on any atom is -0.462 e. The Kier molecular flexibility index (Phi) is 74.3. The van der Waals surface area contributed by atoms with E-state index in [1.165, 1.54) is 250 Å². The number of unbranched alkanes of at least 4 members (excludes halogenated alkanes) is 49. The average molecular weight is 1550 g/mol. The van der Waals surface area contributed by atoms with E-state index in [-0.39, 0.29) is 25.7 Å². The summed E-state index contributed by atoms with van der Waals surface area (Å²) in [5.74, 6) is 1.04. The van der Waals surface area contributed by atoms with E-state index in [2.05, 4.69) is 55.4 Å². The van der Waals surface area contributed by atoms with Crippen LogP contribution in [0, 0.1) is 23.7 Å². The van der Waals surface area contributed by atoms with Gasteiger partial charge in [0.15, 0.2) is 12.2 Å². The molecule has 0 radical (unpaired) electrons. The number of hydrogen-bond donors (Lipinski definition) is 3. The molecule has 0 aromatic carbocycles. The highest BCUT2D eigenvalue weighted by atomic mass is 31.2. The van der Waals surface area contributed by atoms with Crippen LogP contribution in [-0.4, -0.2) is 96.7 Å². The van der Waals surface area contributed by atoms with Gasteiger partial charge in [-0.15, -0.1) is 0 Å². The van der Waals surface area contributed by atoms with Gasteiger partial charge in [0.2, 0.25) is 0 Å². The lowest BCUT2D eigenvalue weighted by Crippen LogP contribution is -2.30. The SMILES string of the molecule is CCC(C)CCCCCCCCC(=O)OC[C@H](COP(=O)(O)OC[C@H](O)COP(=O)(O)OC[C@@H](COC(=O)CCCCCCCCCCCCCCCCCCCCC(C)C)OC(=O)CCCCCCCCCCCCCCCCCCC(C)C)OC(=O)CCCCCCCCCCCCCCCC(C)C. The second kappa shape index (κ2) is 75.7. The predicted octanol–water partition coefficient (Wildman–Crippen LogP) is 26.3. The van der Waals surface area contributed by atoms with Gasteiger partial charge in [-0.05, 0) is 49.4 Å². The minimum absolute atomic E-state index is 0.106. The summed E-state index contributed by atoms with van der Waals surface area (Å²) in [7, 11) is -9.93. The first-order valence-corrected chi connectivity index (χ1v) is 47.7. The Balaban J connectivity index is 5.23. The zero-order chi connectivity index (χ0) is 78.1. The molecule has 0 aliphatic carbocycles. The Labute approximate surface area is 651 Å². The first-order chi connectivity index (χ1) is 51.1. The van der Waals surface area contributed by atoms with Crippen molar-refractivity contribution in [2.45, 2.75) is 472 Å². The van der Waals surface area contributed by atoms with Gasteiger partial charge in [0.25, 0.3) is 0 Å². The van der Waals surface area contributed by atoms with Crippen molar-refractivity contribution in [3.8, 4) is 0 Å². The molecule has 0 saturated heterocycles. The van der Waals surface area contributed by atoms with Crippen LogP contribution in [0.4, 0.5) is 0 Å². The van der Waals surface area contributed by atoms with Gasteiger partial charge in [0, 0.05) is 25.7 Å². The van der Waals surface area contributed by atoms with Crippen LogP contribution in [0.3, 0.4) is 0 Å². The molecule has 0 amide bonds. The van der Waals surface area contributed by atoms with Crippen molar-refractivity contribution in [2.75, 3.05) is 39.6 Å². The number of esters is 4. The number of aliphatic hydroxyl groups is 1. The number of phosphoric ester groups is 2. The van der Waals surface area contributed by atoms with Crippen LogP contribution in [0.25, 0.3) is 0 Å². The van der Waals surface area contributed by atoms with Crippen LogP contribution in [0.1, 0.15) is 453 Å². The van der Waals surface area contributed by atoms with Crippen LogP contribution in [0.15, 0.2) is 0 Å². The van der Waals surface area contributed by atoms with Crippen molar-refractivity contribution in [1.82, 2.24) is 0 Å². The van der Waals surface area contributed by atoms with Gasteiger partial charge in [-0.2, -0.15) is 0 Å². The van der Waals surface area contributed by atoms with E-state index in [4.69, 9.17) is 37.0 Å². The molecule has 6 atom stereocenters. The number of ether oxygens (including phenoxy) is 4. The largest absolute Gasteiger partial charge is 0.472 e. The van der Waals surface area contributed by atoms with E-state index in [1.54, 1.807) is 0 Å². The molecule has 3 unspecified atom stereocenters. The molecule has 17 nitrogen and oxygen atoms in total.